The van der Waals surface area contributed by atoms with Gasteiger partial charge in [0.25, 0.3) is 5.69 Å². The molecule has 2 aromatic carbocycles. The Morgan fingerprint density at radius 3 is 2.44 bits per heavy atom. The lowest BCUT2D eigenvalue weighted by Crippen LogP contribution is -2.29. The Kier molecular flexibility index (Phi) is 5.58. The van der Waals surface area contributed by atoms with E-state index in [0.29, 0.717) is 5.69 Å². The van der Waals surface area contributed by atoms with E-state index in [1.807, 2.05) is 43.3 Å². The second kappa shape index (κ2) is 7.87. The first-order valence-corrected chi connectivity index (χ1v) is 9.39. The van der Waals surface area contributed by atoms with Crippen molar-refractivity contribution in [3.63, 3.8) is 0 Å². The summed E-state index contributed by atoms with van der Waals surface area (Å²) in [6.45, 7) is 4.04. The fraction of sp³-hybridized carbons (Fsp3) is 0.368. The Labute approximate surface area is 156 Å². The fourth-order valence-electron chi connectivity index (χ4n) is 3.22. The maximum absolute atomic E-state index is 11.4. The second-order valence-electron chi connectivity index (χ2n) is 6.42. The summed E-state index contributed by atoms with van der Waals surface area (Å²) in [4.78, 5) is 13.4. The molecule has 0 aliphatic carbocycles. The minimum Gasteiger partial charge on any atom is -0.373 e. The van der Waals surface area contributed by atoms with Gasteiger partial charge in [-0.3, -0.25) is 10.1 Å². The van der Waals surface area contributed by atoms with Crippen LogP contribution in [0.5, 0.6) is 0 Å². The number of benzene rings is 2. The van der Waals surface area contributed by atoms with Gasteiger partial charge in [0, 0.05) is 35.4 Å². The zero-order valence-corrected chi connectivity index (χ0v) is 15.8. The van der Waals surface area contributed by atoms with Gasteiger partial charge >= 0.3 is 0 Å². The van der Waals surface area contributed by atoms with Crippen LogP contribution in [0, 0.1) is 10.1 Å². The van der Waals surface area contributed by atoms with Crippen LogP contribution in [0.4, 0.5) is 17.1 Å². The molecule has 1 fully saturated rings. The van der Waals surface area contributed by atoms with E-state index in [1.165, 1.54) is 19.3 Å². The van der Waals surface area contributed by atoms with Gasteiger partial charge in [-0.05, 0) is 56.0 Å². The van der Waals surface area contributed by atoms with Gasteiger partial charge in [0.1, 0.15) is 5.69 Å². The van der Waals surface area contributed by atoms with Gasteiger partial charge in [0.2, 0.25) is 0 Å². The van der Waals surface area contributed by atoms with Gasteiger partial charge < -0.3 is 10.2 Å². The summed E-state index contributed by atoms with van der Waals surface area (Å²) in [5.74, 6) is 0. The lowest BCUT2D eigenvalue weighted by molar-refractivity contribution is -0.384. The Morgan fingerprint density at radius 1 is 1.12 bits per heavy atom. The van der Waals surface area contributed by atoms with E-state index in [-0.39, 0.29) is 16.7 Å². The minimum atomic E-state index is -0.323. The van der Waals surface area contributed by atoms with Gasteiger partial charge in [-0.25, -0.2) is 0 Å². The number of anilines is 2. The maximum Gasteiger partial charge on any atom is 0.292 e. The van der Waals surface area contributed by atoms with Crippen molar-refractivity contribution >= 4 is 33.0 Å². The third-order valence-corrected chi connectivity index (χ3v) is 5.17. The van der Waals surface area contributed by atoms with Crippen LogP contribution in [0.25, 0.3) is 0 Å². The maximum atomic E-state index is 11.4. The van der Waals surface area contributed by atoms with Crippen LogP contribution in [0.15, 0.2) is 46.9 Å². The zero-order chi connectivity index (χ0) is 17.8. The number of hydrogen-bond donors (Lipinski definition) is 1. The highest BCUT2D eigenvalue weighted by Gasteiger charge is 2.19. The molecule has 0 aromatic heterocycles. The minimum absolute atomic E-state index is 0.0246. The fourth-order valence-corrected chi connectivity index (χ4v) is 3.48. The molecule has 2 aromatic rings. The number of halogens is 1. The predicted molar refractivity (Wildman–Crippen MR) is 105 cm³/mol. The first-order valence-electron chi connectivity index (χ1n) is 8.60. The lowest BCUT2D eigenvalue weighted by atomic mass is 10.1. The summed E-state index contributed by atoms with van der Waals surface area (Å²) in [7, 11) is 0. The quantitative estimate of drug-likeness (QED) is 0.527. The molecular weight excluding hydrogens is 382 g/mol. The number of nitro groups is 1. The molecule has 1 heterocycles. The molecule has 6 heteroatoms. The molecule has 1 aliphatic rings. The van der Waals surface area contributed by atoms with Crippen molar-refractivity contribution in [1.82, 2.24) is 0 Å². The smallest absolute Gasteiger partial charge is 0.292 e. The van der Waals surface area contributed by atoms with Crippen LogP contribution < -0.4 is 10.2 Å². The normalized spacial score (nSPS) is 15.7. The van der Waals surface area contributed by atoms with Crippen LogP contribution >= 0.6 is 15.9 Å². The van der Waals surface area contributed by atoms with Gasteiger partial charge in [0.05, 0.1) is 4.92 Å². The number of piperidine rings is 1. The van der Waals surface area contributed by atoms with E-state index in [4.69, 9.17) is 0 Å². The largest absolute Gasteiger partial charge is 0.373 e. The molecule has 3 rings (SSSR count). The Bertz CT molecular complexity index is 743. The van der Waals surface area contributed by atoms with Gasteiger partial charge in [0.15, 0.2) is 0 Å². The Hall–Kier alpha value is -2.08. The summed E-state index contributed by atoms with van der Waals surface area (Å²) >= 11 is 3.43. The van der Waals surface area contributed by atoms with Gasteiger partial charge in [-0.1, -0.05) is 28.1 Å². The third-order valence-electron chi connectivity index (χ3n) is 4.64. The highest BCUT2D eigenvalue weighted by Crippen LogP contribution is 2.33. The molecule has 1 atom stereocenters. The number of nitrogens with one attached hydrogen (secondary N) is 1. The first-order chi connectivity index (χ1) is 12.0. The van der Waals surface area contributed by atoms with Crippen molar-refractivity contribution < 1.29 is 4.92 Å². The third kappa shape index (κ3) is 4.31. The molecule has 0 radical (unpaired) electrons. The van der Waals surface area contributed by atoms with Crippen molar-refractivity contribution in [1.29, 1.82) is 0 Å². The highest BCUT2D eigenvalue weighted by atomic mass is 79.9. The Morgan fingerprint density at radius 2 is 1.80 bits per heavy atom. The molecule has 0 saturated carbocycles. The summed E-state index contributed by atoms with van der Waals surface area (Å²) < 4.78 is 1.02. The molecule has 5 nitrogen and oxygen atoms in total. The molecule has 0 bridgehead atoms. The van der Waals surface area contributed by atoms with E-state index in [2.05, 4.69) is 26.1 Å². The van der Waals surface area contributed by atoms with Crippen molar-refractivity contribution in [2.45, 2.75) is 32.2 Å². The van der Waals surface area contributed by atoms with Gasteiger partial charge in [-0.15, -0.1) is 0 Å². The number of hydrogen-bond acceptors (Lipinski definition) is 4. The predicted octanol–water partition coefficient (Wildman–Crippen LogP) is 5.52. The second-order valence-corrected chi connectivity index (χ2v) is 7.34. The molecule has 132 valence electrons. The van der Waals surface area contributed by atoms with Gasteiger partial charge in [-0.2, -0.15) is 0 Å². The first kappa shape index (κ1) is 17.7. The van der Waals surface area contributed by atoms with E-state index in [0.717, 1.165) is 28.8 Å². The standard InChI is InChI=1S/C19H22BrN3O2/c1-14(15-5-7-16(20)8-6-15)21-18-13-17(9-10-19(18)23(24)25)22-11-3-2-4-12-22/h5-10,13-14,21H,2-4,11-12H2,1H3/t14-/m0/s1. The molecule has 1 aliphatic heterocycles. The van der Waals surface area contributed by atoms with Crippen molar-refractivity contribution in [3.05, 3.63) is 62.6 Å². The number of nitrogens with zero attached hydrogens (tertiary/aromatic N) is 2. The Balaban J connectivity index is 1.86. The lowest BCUT2D eigenvalue weighted by Gasteiger charge is -2.29. The molecule has 1 saturated heterocycles. The van der Waals surface area contributed by atoms with Crippen LogP contribution in [-0.4, -0.2) is 18.0 Å². The molecular formula is C19H22BrN3O2. The molecule has 0 unspecified atom stereocenters. The molecule has 0 spiro atoms. The molecule has 1 N–H and O–H groups in total. The average Bonchev–Trinajstić information content (AvgIpc) is 2.62. The zero-order valence-electron chi connectivity index (χ0n) is 14.2. The van der Waals surface area contributed by atoms with E-state index >= 15 is 0 Å². The van der Waals surface area contributed by atoms with E-state index < -0.39 is 0 Å². The average molecular weight is 404 g/mol. The summed E-state index contributed by atoms with van der Waals surface area (Å²) in [5.41, 5.74) is 2.82. The topological polar surface area (TPSA) is 58.4 Å². The monoisotopic (exact) mass is 403 g/mol. The number of nitro benzene ring substituents is 1. The van der Waals surface area contributed by atoms with Crippen LogP contribution in [0.2, 0.25) is 0 Å². The molecule has 0 amide bonds. The highest BCUT2D eigenvalue weighted by molar-refractivity contribution is 9.10. The van der Waals surface area contributed by atoms with E-state index in [1.54, 1.807) is 6.07 Å². The van der Waals surface area contributed by atoms with E-state index in [9.17, 15) is 10.1 Å². The summed E-state index contributed by atoms with van der Waals surface area (Å²) in [6.07, 6.45) is 3.61. The SMILES string of the molecule is C[C@H](Nc1cc(N2CCCCC2)ccc1[N+](=O)[O-])c1ccc(Br)cc1. The van der Waals surface area contributed by atoms with Crippen LogP contribution in [0.1, 0.15) is 37.8 Å². The van der Waals surface area contributed by atoms with Crippen molar-refractivity contribution in [3.8, 4) is 0 Å². The van der Waals surface area contributed by atoms with Crippen LogP contribution in [0.3, 0.4) is 0 Å². The summed E-state index contributed by atoms with van der Waals surface area (Å²) in [6, 6.07) is 13.4. The molecule has 25 heavy (non-hydrogen) atoms. The van der Waals surface area contributed by atoms with Crippen molar-refractivity contribution in [2.75, 3.05) is 23.3 Å². The van der Waals surface area contributed by atoms with Crippen LogP contribution in [-0.2, 0) is 0 Å². The summed E-state index contributed by atoms with van der Waals surface area (Å²) in [5, 5.41) is 14.7. The number of rotatable bonds is 5. The van der Waals surface area contributed by atoms with Crippen molar-refractivity contribution in [2.24, 2.45) is 0 Å².